The van der Waals surface area contributed by atoms with Gasteiger partial charge in [-0.25, -0.2) is 27.7 Å². The van der Waals surface area contributed by atoms with Crippen molar-refractivity contribution in [1.82, 2.24) is 19.9 Å². The Morgan fingerprint density at radius 2 is 2.03 bits per heavy atom. The van der Waals surface area contributed by atoms with Gasteiger partial charge in [0.15, 0.2) is 11.9 Å². The lowest BCUT2D eigenvalue weighted by molar-refractivity contribution is -0.151. The summed E-state index contributed by atoms with van der Waals surface area (Å²) in [5.41, 5.74) is 1.08. The molecule has 36 heavy (non-hydrogen) atoms. The summed E-state index contributed by atoms with van der Waals surface area (Å²) in [6.45, 7) is -0.613. The van der Waals surface area contributed by atoms with Crippen molar-refractivity contribution in [2.45, 2.75) is 23.3 Å². The van der Waals surface area contributed by atoms with Gasteiger partial charge in [0.2, 0.25) is 12.4 Å². The average Bonchev–Trinajstić information content (AvgIpc) is 2.85. The van der Waals surface area contributed by atoms with Crippen molar-refractivity contribution in [3.8, 4) is 23.2 Å². The van der Waals surface area contributed by atoms with Crippen LogP contribution in [0, 0.1) is 16.1 Å². The van der Waals surface area contributed by atoms with Gasteiger partial charge in [-0.05, 0) is 42.5 Å². The van der Waals surface area contributed by atoms with E-state index in [-0.39, 0.29) is 36.1 Å². The summed E-state index contributed by atoms with van der Waals surface area (Å²) in [5.74, 6) is -2.82. The second kappa shape index (κ2) is 9.82. The van der Waals surface area contributed by atoms with E-state index in [1.54, 1.807) is 30.3 Å². The number of hydrogen-bond acceptors (Lipinski definition) is 9. The summed E-state index contributed by atoms with van der Waals surface area (Å²) in [6, 6.07) is 12.8. The van der Waals surface area contributed by atoms with Crippen LogP contribution in [-0.4, -0.2) is 61.8 Å². The number of carbonyl (C=O) groups is 1. The van der Waals surface area contributed by atoms with Gasteiger partial charge in [-0.1, -0.05) is 0 Å². The van der Waals surface area contributed by atoms with Crippen molar-refractivity contribution in [2.75, 3.05) is 24.7 Å². The number of halogens is 2. The Labute approximate surface area is 205 Å². The monoisotopic (exact) mass is 513 g/mol. The molecule has 1 saturated heterocycles. The van der Waals surface area contributed by atoms with Crippen LogP contribution in [0.5, 0.6) is 5.75 Å². The second-order valence-corrected chi connectivity index (χ2v) is 10.3. The topological polar surface area (TPSA) is 145 Å². The number of alkyl halides is 2. The van der Waals surface area contributed by atoms with E-state index in [1.165, 1.54) is 24.7 Å². The van der Waals surface area contributed by atoms with Crippen LogP contribution >= 0.6 is 0 Å². The van der Waals surface area contributed by atoms with Crippen molar-refractivity contribution < 1.29 is 22.5 Å². The van der Waals surface area contributed by atoms with E-state index in [1.807, 2.05) is 6.07 Å². The summed E-state index contributed by atoms with van der Waals surface area (Å²) >= 11 is 0. The summed E-state index contributed by atoms with van der Waals surface area (Å²) < 4.78 is 53.8. The van der Waals surface area contributed by atoms with Gasteiger partial charge in [-0.2, -0.15) is 10.2 Å². The first kappa shape index (κ1) is 24.9. The first-order valence-electron chi connectivity index (χ1n) is 10.7. The fourth-order valence-corrected chi connectivity index (χ4v) is 4.27. The zero-order chi connectivity index (χ0) is 25.9. The number of aromatic nitrogens is 3. The molecule has 4 rings (SSSR count). The average molecular weight is 514 g/mol. The number of likely N-dealkylation sites (tertiary alicyclic amines) is 1. The van der Waals surface area contributed by atoms with Crippen LogP contribution in [0.15, 0.2) is 53.7 Å². The number of carbonyl (C=O) groups excluding carboxylic acids is 1. The maximum Gasteiger partial charge on any atom is 0.301 e. The molecule has 2 aromatic carbocycles. The summed E-state index contributed by atoms with van der Waals surface area (Å²) in [4.78, 5) is 24.7. The predicted octanol–water partition coefficient (Wildman–Crippen LogP) is 3.43. The number of nitriles is 1. The Balaban J connectivity index is 1.53. The molecule has 10 nitrogen and oxygen atoms in total. The first-order chi connectivity index (χ1) is 17.1. The van der Waals surface area contributed by atoms with Crippen molar-refractivity contribution >= 4 is 27.8 Å². The van der Waals surface area contributed by atoms with Gasteiger partial charge >= 0.3 is 5.92 Å². The minimum absolute atomic E-state index is 0.000121. The SMILES string of the molecule is CS(=N)(=O)c1ccc(Nc2ncnc(-c3ccc(OC4CCN(C=O)CC4(F)F)c(C#N)c3)n2)cc1. The third kappa shape index (κ3) is 5.55. The summed E-state index contributed by atoms with van der Waals surface area (Å²) in [6.07, 6.45) is 1.45. The molecule has 13 heteroatoms. The quantitative estimate of drug-likeness (QED) is 0.457. The Morgan fingerprint density at radius 3 is 2.67 bits per heavy atom. The van der Waals surface area contributed by atoms with E-state index in [4.69, 9.17) is 9.52 Å². The molecule has 3 aromatic rings. The molecule has 0 saturated carbocycles. The Kier molecular flexibility index (Phi) is 6.80. The molecular formula is C23H21F2N7O3S. The third-order valence-electron chi connectivity index (χ3n) is 5.47. The largest absolute Gasteiger partial charge is 0.483 e. The lowest BCUT2D eigenvalue weighted by Crippen LogP contribution is -2.53. The zero-order valence-corrected chi connectivity index (χ0v) is 19.8. The van der Waals surface area contributed by atoms with E-state index in [0.717, 1.165) is 4.90 Å². The molecule has 1 aliphatic rings. The van der Waals surface area contributed by atoms with Crippen LogP contribution in [0.1, 0.15) is 12.0 Å². The summed E-state index contributed by atoms with van der Waals surface area (Å²) in [7, 11) is -2.83. The Bertz CT molecular complexity index is 1430. The number of nitrogens with one attached hydrogen (secondary N) is 2. The highest BCUT2D eigenvalue weighted by atomic mass is 32.2. The number of piperidine rings is 1. The molecule has 1 aliphatic heterocycles. The lowest BCUT2D eigenvalue weighted by atomic mass is 10.0. The van der Waals surface area contributed by atoms with Crippen LogP contribution in [0.4, 0.5) is 20.4 Å². The third-order valence-corrected chi connectivity index (χ3v) is 6.64. The minimum Gasteiger partial charge on any atom is -0.483 e. The van der Waals surface area contributed by atoms with Crippen molar-refractivity contribution in [2.24, 2.45) is 0 Å². The number of rotatable bonds is 7. The highest BCUT2D eigenvalue weighted by Crippen LogP contribution is 2.33. The molecule has 1 fully saturated rings. The van der Waals surface area contributed by atoms with Crippen LogP contribution < -0.4 is 10.1 Å². The molecule has 0 bridgehead atoms. The van der Waals surface area contributed by atoms with Crippen LogP contribution in [0.25, 0.3) is 11.4 Å². The van der Waals surface area contributed by atoms with Gasteiger partial charge < -0.3 is 15.0 Å². The number of ether oxygens (including phenoxy) is 1. The van der Waals surface area contributed by atoms with Crippen molar-refractivity contribution in [1.29, 1.82) is 10.0 Å². The zero-order valence-electron chi connectivity index (χ0n) is 19.0. The highest BCUT2D eigenvalue weighted by molar-refractivity contribution is 7.91. The maximum absolute atomic E-state index is 14.4. The molecule has 1 aromatic heterocycles. The van der Waals surface area contributed by atoms with Crippen LogP contribution in [-0.2, 0) is 14.5 Å². The number of nitrogens with zero attached hydrogens (tertiary/aromatic N) is 5. The number of benzene rings is 2. The van der Waals surface area contributed by atoms with Gasteiger partial charge in [-0.3, -0.25) is 4.79 Å². The summed E-state index contributed by atoms with van der Waals surface area (Å²) in [5, 5.41) is 12.6. The van der Waals surface area contributed by atoms with Crippen molar-refractivity contribution in [3.63, 3.8) is 0 Å². The van der Waals surface area contributed by atoms with E-state index in [0.29, 0.717) is 22.6 Å². The smallest absolute Gasteiger partial charge is 0.301 e. The fraction of sp³-hybridized carbons (Fsp3) is 0.261. The van der Waals surface area contributed by atoms with Gasteiger partial charge in [0.1, 0.15) is 18.1 Å². The van der Waals surface area contributed by atoms with E-state index in [2.05, 4.69) is 20.3 Å². The Hall–Kier alpha value is -4.18. The molecule has 0 aliphatic carbocycles. The first-order valence-corrected chi connectivity index (χ1v) is 12.6. The number of anilines is 2. The molecule has 2 N–H and O–H groups in total. The lowest BCUT2D eigenvalue weighted by Gasteiger charge is -2.36. The number of hydrogen-bond donors (Lipinski definition) is 2. The number of amides is 1. The van der Waals surface area contributed by atoms with E-state index < -0.39 is 28.3 Å². The van der Waals surface area contributed by atoms with Crippen LogP contribution in [0.3, 0.4) is 0 Å². The Morgan fingerprint density at radius 1 is 1.28 bits per heavy atom. The molecule has 0 radical (unpaired) electrons. The molecule has 0 spiro atoms. The van der Waals surface area contributed by atoms with Gasteiger partial charge in [-0.15, -0.1) is 0 Å². The van der Waals surface area contributed by atoms with Crippen molar-refractivity contribution in [3.05, 3.63) is 54.4 Å². The molecule has 2 atom stereocenters. The van der Waals surface area contributed by atoms with E-state index in [9.17, 15) is 23.0 Å². The molecule has 186 valence electrons. The molecule has 1 amide bonds. The fourth-order valence-electron chi connectivity index (χ4n) is 3.62. The van der Waals surface area contributed by atoms with Gasteiger partial charge in [0.05, 0.1) is 21.8 Å². The van der Waals surface area contributed by atoms with E-state index >= 15 is 0 Å². The van der Waals surface area contributed by atoms with Gasteiger partial charge in [0, 0.05) is 35.4 Å². The van der Waals surface area contributed by atoms with Crippen LogP contribution in [0.2, 0.25) is 0 Å². The van der Waals surface area contributed by atoms with Gasteiger partial charge in [0.25, 0.3) is 0 Å². The molecular weight excluding hydrogens is 492 g/mol. The second-order valence-electron chi connectivity index (χ2n) is 8.18. The normalized spacial score (nSPS) is 18.5. The predicted molar refractivity (Wildman–Crippen MR) is 126 cm³/mol. The highest BCUT2D eigenvalue weighted by Gasteiger charge is 2.46. The molecule has 2 heterocycles. The molecule has 2 unspecified atom stereocenters. The standard InChI is InChI=1S/C23H21F2N7O3S/c1-36(27,34)18-5-3-17(4-6-18)30-22-29-13-28-21(31-22)15-2-7-19(16(10-15)11-26)35-20-8-9-32(14-33)12-23(20,24)25/h2-7,10,13-14,20,27H,8-9,12H2,1H3,(H,28,29,30,31). The minimum atomic E-state index is -3.26. The maximum atomic E-state index is 14.4.